The highest BCUT2D eigenvalue weighted by atomic mass is 15.1. The number of rotatable bonds is 2. The van der Waals surface area contributed by atoms with Gasteiger partial charge in [-0.15, -0.1) is 0 Å². The van der Waals surface area contributed by atoms with E-state index in [9.17, 15) is 0 Å². The van der Waals surface area contributed by atoms with Gasteiger partial charge in [-0.05, 0) is 49.6 Å². The Morgan fingerprint density at radius 2 is 1.79 bits per heavy atom. The molecule has 0 unspecified atom stereocenters. The standard InChI is InChI=1S/C23H22N5/c1-15-6-5-7-16(2)22(15)28-9-8-26(4)23(28)19-11-20-18(10-17(19)3)13-27-14-24-12-21(27)25-20/h5-14H,1-4H3/q+1. The summed E-state index contributed by atoms with van der Waals surface area (Å²) in [6.45, 7) is 6.49. The lowest BCUT2D eigenvalue weighted by molar-refractivity contribution is -0.659. The van der Waals surface area contributed by atoms with Crippen LogP contribution in [0.3, 0.4) is 0 Å². The molecule has 0 bridgehead atoms. The summed E-state index contributed by atoms with van der Waals surface area (Å²) in [6.07, 6.45) is 9.92. The zero-order chi connectivity index (χ0) is 19.4. The molecule has 28 heavy (non-hydrogen) atoms. The van der Waals surface area contributed by atoms with E-state index in [4.69, 9.17) is 4.98 Å². The third kappa shape index (κ3) is 2.43. The van der Waals surface area contributed by atoms with E-state index in [1.807, 2.05) is 4.40 Å². The Morgan fingerprint density at radius 3 is 2.57 bits per heavy atom. The molecule has 3 aromatic heterocycles. The normalized spacial score (nSPS) is 11.6. The Bertz CT molecular complexity index is 1340. The Hall–Kier alpha value is -3.47. The molecule has 0 aliphatic rings. The summed E-state index contributed by atoms with van der Waals surface area (Å²) >= 11 is 0. The molecule has 0 N–H and O–H groups in total. The summed E-state index contributed by atoms with van der Waals surface area (Å²) in [5.74, 6) is 1.15. The van der Waals surface area contributed by atoms with E-state index in [0.717, 1.165) is 22.4 Å². The van der Waals surface area contributed by atoms with Crippen LogP contribution in [0.15, 0.2) is 61.4 Å². The van der Waals surface area contributed by atoms with Gasteiger partial charge in [0.05, 0.1) is 24.3 Å². The van der Waals surface area contributed by atoms with Gasteiger partial charge in [-0.3, -0.25) is 4.40 Å². The van der Waals surface area contributed by atoms with Crippen molar-refractivity contribution in [1.29, 1.82) is 0 Å². The summed E-state index contributed by atoms with van der Waals surface area (Å²) in [5, 5.41) is 1.11. The van der Waals surface area contributed by atoms with Crippen molar-refractivity contribution >= 4 is 16.6 Å². The van der Waals surface area contributed by atoms with Crippen molar-refractivity contribution in [3.05, 3.63) is 78.1 Å². The average Bonchev–Trinajstić information content (AvgIpc) is 3.26. The zero-order valence-corrected chi connectivity index (χ0v) is 16.5. The first-order valence-corrected chi connectivity index (χ1v) is 9.40. The quantitative estimate of drug-likeness (QED) is 0.440. The van der Waals surface area contributed by atoms with Crippen LogP contribution in [0.25, 0.3) is 33.6 Å². The van der Waals surface area contributed by atoms with Crippen molar-refractivity contribution in [3.8, 4) is 17.1 Å². The SMILES string of the molecule is Cc1cc2cn3cncc3nc2cc1-c1n(-c2c(C)cccc2C)cc[n+]1C. The number of fused-ring (bicyclic) bond motifs is 2. The van der Waals surface area contributed by atoms with Crippen molar-refractivity contribution in [2.24, 2.45) is 7.05 Å². The third-order valence-electron chi connectivity index (χ3n) is 5.46. The first kappa shape index (κ1) is 16.7. The summed E-state index contributed by atoms with van der Waals surface area (Å²) in [5.41, 5.74) is 7.98. The molecule has 0 amide bonds. The molecule has 0 fully saturated rings. The van der Waals surface area contributed by atoms with Crippen molar-refractivity contribution in [2.45, 2.75) is 20.8 Å². The molecule has 138 valence electrons. The van der Waals surface area contributed by atoms with Gasteiger partial charge in [-0.1, -0.05) is 18.2 Å². The number of hydrogen-bond acceptors (Lipinski definition) is 2. The summed E-state index contributed by atoms with van der Waals surface area (Å²) in [7, 11) is 2.09. The van der Waals surface area contributed by atoms with E-state index in [2.05, 4.69) is 90.9 Å². The first-order chi connectivity index (χ1) is 13.5. The van der Waals surface area contributed by atoms with E-state index in [-0.39, 0.29) is 0 Å². The number of para-hydroxylation sites is 1. The van der Waals surface area contributed by atoms with Gasteiger partial charge in [0.2, 0.25) is 0 Å². The summed E-state index contributed by atoms with van der Waals surface area (Å²) in [6, 6.07) is 10.8. The lowest BCUT2D eigenvalue weighted by atomic mass is 10.0. The molecule has 0 radical (unpaired) electrons. The molecule has 5 rings (SSSR count). The monoisotopic (exact) mass is 368 g/mol. The highest BCUT2D eigenvalue weighted by Gasteiger charge is 2.23. The minimum atomic E-state index is 0.858. The van der Waals surface area contributed by atoms with Crippen LogP contribution in [-0.4, -0.2) is 18.9 Å². The van der Waals surface area contributed by atoms with E-state index in [1.165, 1.54) is 27.9 Å². The molecule has 0 spiro atoms. The maximum atomic E-state index is 4.80. The minimum Gasteiger partial charge on any atom is -0.290 e. The van der Waals surface area contributed by atoms with Gasteiger partial charge >= 0.3 is 0 Å². The molecule has 0 aliphatic heterocycles. The highest BCUT2D eigenvalue weighted by Crippen LogP contribution is 2.29. The smallest absolute Gasteiger partial charge is 0.290 e. The number of hydrogen-bond donors (Lipinski definition) is 0. The maximum absolute atomic E-state index is 4.80. The van der Waals surface area contributed by atoms with Crippen LogP contribution in [0.1, 0.15) is 16.7 Å². The van der Waals surface area contributed by atoms with Crippen molar-refractivity contribution in [2.75, 3.05) is 0 Å². The van der Waals surface area contributed by atoms with Crippen LogP contribution in [0, 0.1) is 20.8 Å². The van der Waals surface area contributed by atoms with Crippen LogP contribution in [0.4, 0.5) is 0 Å². The molecule has 0 aliphatic carbocycles. The summed E-state index contributed by atoms with van der Waals surface area (Å²) < 4.78 is 6.43. The molecule has 0 atom stereocenters. The minimum absolute atomic E-state index is 0.858. The second-order valence-electron chi connectivity index (χ2n) is 7.47. The molecule has 5 aromatic rings. The Labute approximate surface area is 163 Å². The number of imidazole rings is 2. The Kier molecular flexibility index (Phi) is 3.59. The second kappa shape index (κ2) is 6.02. The second-order valence-corrected chi connectivity index (χ2v) is 7.47. The molecule has 5 heteroatoms. The van der Waals surface area contributed by atoms with Crippen LogP contribution in [-0.2, 0) is 7.05 Å². The van der Waals surface area contributed by atoms with Gasteiger partial charge in [-0.25, -0.2) is 14.5 Å². The van der Waals surface area contributed by atoms with Crippen LogP contribution in [0.5, 0.6) is 0 Å². The lowest BCUT2D eigenvalue weighted by Crippen LogP contribution is -2.29. The number of aromatic nitrogens is 5. The van der Waals surface area contributed by atoms with Crippen LogP contribution in [0.2, 0.25) is 0 Å². The molecule has 5 nitrogen and oxygen atoms in total. The van der Waals surface area contributed by atoms with Gasteiger partial charge in [0, 0.05) is 11.6 Å². The Morgan fingerprint density at radius 1 is 1.00 bits per heavy atom. The predicted molar refractivity (Wildman–Crippen MR) is 111 cm³/mol. The molecular formula is C23H22N5+. The summed E-state index contributed by atoms with van der Waals surface area (Å²) in [4.78, 5) is 9.00. The van der Waals surface area contributed by atoms with Crippen LogP contribution < -0.4 is 4.57 Å². The van der Waals surface area contributed by atoms with E-state index in [1.54, 1.807) is 12.5 Å². The van der Waals surface area contributed by atoms with E-state index >= 15 is 0 Å². The third-order valence-corrected chi connectivity index (χ3v) is 5.46. The first-order valence-electron chi connectivity index (χ1n) is 9.40. The van der Waals surface area contributed by atoms with Gasteiger partial charge in [0.25, 0.3) is 5.82 Å². The Balaban J connectivity index is 1.80. The maximum Gasteiger partial charge on any atom is 0.294 e. The van der Waals surface area contributed by atoms with Gasteiger partial charge in [0.15, 0.2) is 5.65 Å². The largest absolute Gasteiger partial charge is 0.294 e. The van der Waals surface area contributed by atoms with Crippen molar-refractivity contribution < 1.29 is 4.57 Å². The number of benzene rings is 2. The molecule has 3 heterocycles. The highest BCUT2D eigenvalue weighted by molar-refractivity contribution is 5.85. The van der Waals surface area contributed by atoms with Gasteiger partial charge in [-0.2, -0.15) is 4.57 Å². The van der Waals surface area contributed by atoms with Crippen LogP contribution >= 0.6 is 0 Å². The van der Waals surface area contributed by atoms with E-state index in [0.29, 0.717) is 0 Å². The predicted octanol–water partition coefficient (Wildman–Crippen LogP) is 4.09. The lowest BCUT2D eigenvalue weighted by Gasteiger charge is -2.11. The zero-order valence-electron chi connectivity index (χ0n) is 16.5. The molecule has 2 aromatic carbocycles. The fraction of sp³-hybridized carbons (Fsp3) is 0.174. The van der Waals surface area contributed by atoms with E-state index < -0.39 is 0 Å². The molecule has 0 saturated heterocycles. The average molecular weight is 368 g/mol. The number of nitrogens with zero attached hydrogens (tertiary/aromatic N) is 5. The topological polar surface area (TPSA) is 39.0 Å². The van der Waals surface area contributed by atoms with Gasteiger partial charge < -0.3 is 0 Å². The van der Waals surface area contributed by atoms with Crippen molar-refractivity contribution in [1.82, 2.24) is 18.9 Å². The fourth-order valence-electron chi connectivity index (χ4n) is 4.08. The molecule has 0 saturated carbocycles. The molecular weight excluding hydrogens is 346 g/mol. The fourth-order valence-corrected chi connectivity index (χ4v) is 4.08. The van der Waals surface area contributed by atoms with Crippen molar-refractivity contribution in [3.63, 3.8) is 0 Å². The van der Waals surface area contributed by atoms with Gasteiger partial charge in [0.1, 0.15) is 24.4 Å². The number of aryl methyl sites for hydroxylation is 4.